The molecule has 0 unspecified atom stereocenters. The summed E-state index contributed by atoms with van der Waals surface area (Å²) >= 11 is 17.8. The van der Waals surface area contributed by atoms with Gasteiger partial charge < -0.3 is 0 Å². The zero-order valence-electron chi connectivity index (χ0n) is 16.9. The molecule has 0 saturated heterocycles. The van der Waals surface area contributed by atoms with E-state index >= 15 is 0 Å². The molecule has 11 heteroatoms. The van der Waals surface area contributed by atoms with Crippen molar-refractivity contribution in [2.45, 2.75) is 11.4 Å². The fourth-order valence-corrected chi connectivity index (χ4v) is 4.60. The van der Waals surface area contributed by atoms with Gasteiger partial charge in [0.1, 0.15) is 5.82 Å². The number of amides is 1. The number of sulfonamides is 1. The van der Waals surface area contributed by atoms with Crippen LogP contribution in [0.3, 0.4) is 0 Å². The van der Waals surface area contributed by atoms with Crippen molar-refractivity contribution in [2.75, 3.05) is 6.54 Å². The number of benzene rings is 3. The van der Waals surface area contributed by atoms with Gasteiger partial charge in [0.2, 0.25) is 10.0 Å². The number of carbonyl (C=O) groups is 1. The highest BCUT2D eigenvalue weighted by molar-refractivity contribution is 7.89. The molecule has 0 aliphatic rings. The van der Waals surface area contributed by atoms with Gasteiger partial charge in [-0.25, -0.2) is 18.2 Å². The van der Waals surface area contributed by atoms with Crippen molar-refractivity contribution in [3.05, 3.63) is 98.7 Å². The molecule has 0 atom stereocenters. The van der Waals surface area contributed by atoms with Crippen molar-refractivity contribution in [1.82, 2.24) is 9.73 Å². The summed E-state index contributed by atoms with van der Waals surface area (Å²) in [6.45, 7) is -1.10. The number of carbonyl (C=O) groups excluding carboxylic acids is 1. The van der Waals surface area contributed by atoms with Gasteiger partial charge in [0.15, 0.2) is 0 Å². The quantitative estimate of drug-likeness (QED) is 0.325. The third-order valence-corrected chi connectivity index (χ3v) is 7.10. The van der Waals surface area contributed by atoms with E-state index in [0.29, 0.717) is 15.6 Å². The maximum Gasteiger partial charge on any atom is 0.255 e. The molecule has 0 radical (unpaired) electrons. The first kappa shape index (κ1) is 25.1. The minimum absolute atomic E-state index is 0.0347. The van der Waals surface area contributed by atoms with E-state index in [1.807, 2.05) is 0 Å². The third-order valence-electron chi connectivity index (χ3n) is 4.44. The highest BCUT2D eigenvalue weighted by Gasteiger charge is 2.28. The van der Waals surface area contributed by atoms with E-state index in [1.165, 1.54) is 42.6 Å². The molecule has 172 valence electrons. The van der Waals surface area contributed by atoms with Crippen LogP contribution >= 0.6 is 34.8 Å². The van der Waals surface area contributed by atoms with E-state index in [0.717, 1.165) is 10.4 Å². The summed E-state index contributed by atoms with van der Waals surface area (Å²) in [5, 5.41) is 4.75. The average Bonchev–Trinajstić information content (AvgIpc) is 2.77. The summed E-state index contributed by atoms with van der Waals surface area (Å²) in [5.41, 5.74) is 2.88. The topological polar surface area (TPSA) is 78.8 Å². The summed E-state index contributed by atoms with van der Waals surface area (Å²) in [5.74, 6) is -1.43. The van der Waals surface area contributed by atoms with Crippen molar-refractivity contribution in [1.29, 1.82) is 0 Å². The van der Waals surface area contributed by atoms with Gasteiger partial charge in [-0.1, -0.05) is 53.0 Å². The molecule has 0 aromatic heterocycles. The molecule has 0 bridgehead atoms. The number of nitrogens with zero attached hydrogens (tertiary/aromatic N) is 2. The SMILES string of the molecule is O=C(CN(Cc1c(F)cccc1Cl)S(=O)(=O)c1ccc(Cl)cc1)N/N=C\c1ccc(Cl)cc1. The highest BCUT2D eigenvalue weighted by atomic mass is 35.5. The van der Waals surface area contributed by atoms with E-state index in [4.69, 9.17) is 34.8 Å². The van der Waals surface area contributed by atoms with Crippen LogP contribution in [0.2, 0.25) is 15.1 Å². The van der Waals surface area contributed by atoms with Crippen LogP contribution in [-0.4, -0.2) is 31.4 Å². The second-order valence-electron chi connectivity index (χ2n) is 6.77. The first-order chi connectivity index (χ1) is 15.7. The van der Waals surface area contributed by atoms with Crippen molar-refractivity contribution >= 4 is 56.9 Å². The fraction of sp³-hybridized carbons (Fsp3) is 0.0909. The zero-order valence-corrected chi connectivity index (χ0v) is 20.0. The molecular formula is C22H17Cl3FN3O3S. The average molecular weight is 529 g/mol. The Kier molecular flexibility index (Phi) is 8.45. The van der Waals surface area contributed by atoms with Crippen LogP contribution < -0.4 is 5.43 Å². The molecule has 0 spiro atoms. The van der Waals surface area contributed by atoms with Gasteiger partial charge >= 0.3 is 0 Å². The minimum Gasteiger partial charge on any atom is -0.272 e. The van der Waals surface area contributed by atoms with Crippen LogP contribution in [-0.2, 0) is 21.4 Å². The predicted molar refractivity (Wildman–Crippen MR) is 128 cm³/mol. The van der Waals surface area contributed by atoms with Crippen molar-refractivity contribution < 1.29 is 17.6 Å². The number of hydrogen-bond acceptors (Lipinski definition) is 4. The Morgan fingerprint density at radius 3 is 2.18 bits per heavy atom. The van der Waals surface area contributed by atoms with Crippen LogP contribution in [0.4, 0.5) is 4.39 Å². The van der Waals surface area contributed by atoms with Gasteiger partial charge in [0.25, 0.3) is 5.91 Å². The lowest BCUT2D eigenvalue weighted by atomic mass is 10.2. The van der Waals surface area contributed by atoms with E-state index in [2.05, 4.69) is 10.5 Å². The van der Waals surface area contributed by atoms with E-state index in [9.17, 15) is 17.6 Å². The smallest absolute Gasteiger partial charge is 0.255 e. The van der Waals surface area contributed by atoms with Gasteiger partial charge in [-0.05, 0) is 54.1 Å². The monoisotopic (exact) mass is 527 g/mol. The van der Waals surface area contributed by atoms with Crippen LogP contribution in [0.25, 0.3) is 0 Å². The Bertz CT molecular complexity index is 1250. The Hall–Kier alpha value is -2.49. The number of hydrogen-bond donors (Lipinski definition) is 1. The van der Waals surface area contributed by atoms with Crippen LogP contribution in [0.15, 0.2) is 76.7 Å². The zero-order chi connectivity index (χ0) is 24.0. The summed E-state index contributed by atoms with van der Waals surface area (Å²) in [7, 11) is -4.20. The van der Waals surface area contributed by atoms with E-state index in [-0.39, 0.29) is 15.5 Å². The van der Waals surface area contributed by atoms with Crippen LogP contribution in [0.1, 0.15) is 11.1 Å². The molecule has 0 saturated carbocycles. The second-order valence-corrected chi connectivity index (χ2v) is 9.99. The molecular weight excluding hydrogens is 512 g/mol. The highest BCUT2D eigenvalue weighted by Crippen LogP contribution is 2.25. The number of nitrogens with one attached hydrogen (secondary N) is 1. The second kappa shape index (κ2) is 11.1. The first-order valence-electron chi connectivity index (χ1n) is 9.43. The lowest BCUT2D eigenvalue weighted by Crippen LogP contribution is -2.39. The summed E-state index contributed by atoms with van der Waals surface area (Å²) < 4.78 is 41.6. The fourth-order valence-electron chi connectivity index (χ4n) is 2.76. The molecule has 3 aromatic rings. The first-order valence-corrected chi connectivity index (χ1v) is 12.0. The van der Waals surface area contributed by atoms with Gasteiger partial charge in [-0.3, -0.25) is 4.79 Å². The normalized spacial score (nSPS) is 11.8. The standard InChI is InChI=1S/C22H17Cl3FN3O3S/c23-16-6-4-15(5-7-16)12-27-28-22(30)14-29(13-19-20(25)2-1-3-21(19)26)33(31,32)18-10-8-17(24)9-11-18/h1-12H,13-14H2,(H,28,30)/b27-12-. The Morgan fingerprint density at radius 2 is 1.58 bits per heavy atom. The molecule has 1 N–H and O–H groups in total. The van der Waals surface area contributed by atoms with Gasteiger partial charge in [-0.15, -0.1) is 0 Å². The summed E-state index contributed by atoms with van der Waals surface area (Å²) in [4.78, 5) is 12.4. The van der Waals surface area contributed by atoms with E-state index in [1.54, 1.807) is 24.3 Å². The Labute approximate surface area is 205 Å². The van der Waals surface area contributed by atoms with Crippen molar-refractivity contribution in [3.63, 3.8) is 0 Å². The molecule has 0 fully saturated rings. The molecule has 3 aromatic carbocycles. The van der Waals surface area contributed by atoms with Crippen molar-refractivity contribution in [3.8, 4) is 0 Å². The maximum absolute atomic E-state index is 14.4. The maximum atomic E-state index is 14.4. The third kappa shape index (κ3) is 6.75. The molecule has 3 rings (SSSR count). The van der Waals surface area contributed by atoms with E-state index < -0.39 is 34.8 Å². The summed E-state index contributed by atoms with van der Waals surface area (Å²) in [6.07, 6.45) is 1.37. The van der Waals surface area contributed by atoms with Gasteiger partial charge in [-0.2, -0.15) is 9.41 Å². The molecule has 0 aliphatic carbocycles. The lowest BCUT2D eigenvalue weighted by molar-refractivity contribution is -0.121. The Balaban J connectivity index is 1.84. The molecule has 33 heavy (non-hydrogen) atoms. The molecule has 1 amide bonds. The van der Waals surface area contributed by atoms with Gasteiger partial charge in [0, 0.05) is 27.2 Å². The summed E-state index contributed by atoms with van der Waals surface area (Å²) in [6, 6.07) is 16.1. The molecule has 0 aliphatic heterocycles. The van der Waals surface area contributed by atoms with Crippen LogP contribution in [0, 0.1) is 5.82 Å². The molecule has 0 heterocycles. The minimum atomic E-state index is -4.20. The predicted octanol–water partition coefficient (Wildman–Crippen LogP) is 5.13. The van der Waals surface area contributed by atoms with Crippen LogP contribution in [0.5, 0.6) is 0 Å². The Morgan fingerprint density at radius 1 is 0.970 bits per heavy atom. The number of halogens is 4. The number of rotatable bonds is 8. The number of hydrazone groups is 1. The molecule has 6 nitrogen and oxygen atoms in total. The largest absolute Gasteiger partial charge is 0.272 e. The van der Waals surface area contributed by atoms with Gasteiger partial charge in [0.05, 0.1) is 17.7 Å². The van der Waals surface area contributed by atoms with Crippen molar-refractivity contribution in [2.24, 2.45) is 5.10 Å². The lowest BCUT2D eigenvalue weighted by Gasteiger charge is -2.22.